The third-order valence-corrected chi connectivity index (χ3v) is 4.25. The van der Waals surface area contributed by atoms with Gasteiger partial charge in [0.1, 0.15) is 11.4 Å². The van der Waals surface area contributed by atoms with Crippen LogP contribution >= 0.6 is 15.9 Å². The molecule has 3 rings (SSSR count). The van der Waals surface area contributed by atoms with Crippen LogP contribution in [-0.4, -0.2) is 12.5 Å². The Kier molecular flexibility index (Phi) is 3.53. The van der Waals surface area contributed by atoms with E-state index in [0.29, 0.717) is 13.0 Å². The lowest BCUT2D eigenvalue weighted by atomic mass is 10.1. The molecule has 1 amide bonds. The van der Waals surface area contributed by atoms with Crippen molar-refractivity contribution < 1.29 is 13.6 Å². The lowest BCUT2D eigenvalue weighted by Crippen LogP contribution is -2.30. The van der Waals surface area contributed by atoms with Gasteiger partial charge in [-0.15, -0.1) is 0 Å². The van der Waals surface area contributed by atoms with Crippen molar-refractivity contribution in [2.75, 3.05) is 11.4 Å². The fraction of sp³-hybridized carbons (Fsp3) is 0.188. The van der Waals surface area contributed by atoms with Crippen LogP contribution in [0.25, 0.3) is 0 Å². The molecule has 0 spiro atoms. The number of halogens is 3. The third kappa shape index (κ3) is 2.35. The number of hydrogen-bond donors (Lipinski definition) is 0. The van der Waals surface area contributed by atoms with Crippen LogP contribution in [0.15, 0.2) is 34.8 Å². The second-order valence-corrected chi connectivity index (χ2v) is 5.91. The van der Waals surface area contributed by atoms with Gasteiger partial charge in [0.2, 0.25) is 0 Å². The van der Waals surface area contributed by atoms with Crippen LogP contribution < -0.4 is 4.90 Å². The van der Waals surface area contributed by atoms with Crippen molar-refractivity contribution in [1.29, 1.82) is 0 Å². The molecule has 2 nitrogen and oxygen atoms in total. The maximum atomic E-state index is 14.1. The van der Waals surface area contributed by atoms with Crippen molar-refractivity contribution in [1.82, 2.24) is 0 Å². The number of carbonyl (C=O) groups is 1. The van der Waals surface area contributed by atoms with Gasteiger partial charge >= 0.3 is 0 Å². The highest BCUT2D eigenvalue weighted by atomic mass is 79.9. The van der Waals surface area contributed by atoms with Gasteiger partial charge in [0, 0.05) is 12.2 Å². The summed E-state index contributed by atoms with van der Waals surface area (Å²) in [7, 11) is 0. The first-order chi connectivity index (χ1) is 9.99. The first kappa shape index (κ1) is 14.2. The first-order valence-electron chi connectivity index (χ1n) is 6.54. The summed E-state index contributed by atoms with van der Waals surface area (Å²) >= 11 is 2.99. The molecular formula is C16H12BrF2NO. The average molecular weight is 352 g/mol. The van der Waals surface area contributed by atoms with Crippen LogP contribution in [0, 0.1) is 18.6 Å². The standard InChI is InChI=1S/C16H12BrF2NO/c1-9-2-3-10-6-7-20(13(10)8-9)16(21)14-12(18)5-4-11(17)15(14)19/h2-5,8H,6-7H2,1H3. The molecular weight excluding hydrogens is 340 g/mol. The quantitative estimate of drug-likeness (QED) is 0.703. The number of hydrogen-bond acceptors (Lipinski definition) is 1. The van der Waals surface area contributed by atoms with E-state index in [1.807, 2.05) is 25.1 Å². The number of amides is 1. The zero-order valence-electron chi connectivity index (χ0n) is 11.3. The predicted octanol–water partition coefficient (Wildman–Crippen LogP) is 4.24. The van der Waals surface area contributed by atoms with Gasteiger partial charge in [0.15, 0.2) is 5.82 Å². The number of fused-ring (bicyclic) bond motifs is 1. The molecule has 0 saturated carbocycles. The van der Waals surface area contributed by atoms with E-state index in [0.717, 1.165) is 22.9 Å². The molecule has 2 aromatic rings. The Morgan fingerprint density at radius 3 is 2.76 bits per heavy atom. The van der Waals surface area contributed by atoms with Gasteiger partial charge in [-0.3, -0.25) is 4.79 Å². The Labute approximate surface area is 129 Å². The Morgan fingerprint density at radius 2 is 2.00 bits per heavy atom. The minimum absolute atomic E-state index is 0.0795. The number of rotatable bonds is 1. The minimum Gasteiger partial charge on any atom is -0.308 e. The van der Waals surface area contributed by atoms with Gasteiger partial charge in [-0.25, -0.2) is 8.78 Å². The zero-order valence-corrected chi connectivity index (χ0v) is 12.9. The Morgan fingerprint density at radius 1 is 1.24 bits per heavy atom. The largest absolute Gasteiger partial charge is 0.308 e. The molecule has 1 aliphatic heterocycles. The van der Waals surface area contributed by atoms with Gasteiger partial charge < -0.3 is 4.90 Å². The molecule has 0 saturated heterocycles. The molecule has 1 heterocycles. The number of nitrogens with zero attached hydrogens (tertiary/aromatic N) is 1. The van der Waals surface area contributed by atoms with Crippen molar-refractivity contribution in [2.45, 2.75) is 13.3 Å². The van der Waals surface area contributed by atoms with Crippen molar-refractivity contribution in [3.8, 4) is 0 Å². The molecule has 1 aliphatic rings. The Bertz CT molecular complexity index is 745. The van der Waals surface area contributed by atoms with E-state index in [-0.39, 0.29) is 4.47 Å². The number of carbonyl (C=O) groups excluding carboxylic acids is 1. The number of benzene rings is 2. The van der Waals surface area contributed by atoms with Crippen LogP contribution in [0.5, 0.6) is 0 Å². The lowest BCUT2D eigenvalue weighted by molar-refractivity contribution is 0.0981. The summed E-state index contributed by atoms with van der Waals surface area (Å²) in [6.07, 6.45) is 0.693. The highest BCUT2D eigenvalue weighted by Gasteiger charge is 2.30. The van der Waals surface area contributed by atoms with Gasteiger partial charge in [-0.2, -0.15) is 0 Å². The van der Waals surface area contributed by atoms with Crippen LogP contribution in [-0.2, 0) is 6.42 Å². The molecule has 0 bridgehead atoms. The number of anilines is 1. The van der Waals surface area contributed by atoms with Crippen molar-refractivity contribution in [2.24, 2.45) is 0 Å². The molecule has 0 aliphatic carbocycles. The van der Waals surface area contributed by atoms with E-state index < -0.39 is 23.1 Å². The molecule has 108 valence electrons. The summed E-state index contributed by atoms with van der Waals surface area (Å²) in [5.74, 6) is -2.35. The van der Waals surface area contributed by atoms with Gasteiger partial charge in [-0.05, 0) is 58.6 Å². The second-order valence-electron chi connectivity index (χ2n) is 5.06. The molecule has 21 heavy (non-hydrogen) atoms. The molecule has 0 fully saturated rings. The predicted molar refractivity (Wildman–Crippen MR) is 80.6 cm³/mol. The van der Waals surface area contributed by atoms with E-state index >= 15 is 0 Å². The van der Waals surface area contributed by atoms with E-state index in [2.05, 4.69) is 15.9 Å². The summed E-state index contributed by atoms with van der Waals surface area (Å²) < 4.78 is 28.0. The summed E-state index contributed by atoms with van der Waals surface area (Å²) in [6, 6.07) is 8.13. The fourth-order valence-corrected chi connectivity index (χ4v) is 2.89. The molecule has 0 N–H and O–H groups in total. The lowest BCUT2D eigenvalue weighted by Gasteiger charge is -2.18. The first-order valence-corrected chi connectivity index (χ1v) is 7.33. The van der Waals surface area contributed by atoms with E-state index in [1.165, 1.54) is 11.0 Å². The molecule has 0 atom stereocenters. The summed E-state index contributed by atoms with van der Waals surface area (Å²) in [5.41, 5.74) is 2.24. The Balaban J connectivity index is 2.07. The maximum absolute atomic E-state index is 14.1. The van der Waals surface area contributed by atoms with Crippen LogP contribution in [0.1, 0.15) is 21.5 Å². The van der Waals surface area contributed by atoms with E-state index in [9.17, 15) is 13.6 Å². The van der Waals surface area contributed by atoms with Crippen molar-refractivity contribution >= 4 is 27.5 Å². The Hall–Kier alpha value is -1.75. The molecule has 0 unspecified atom stereocenters. The molecule has 2 aromatic carbocycles. The summed E-state index contributed by atoms with van der Waals surface area (Å²) in [5, 5.41) is 0. The number of aryl methyl sites for hydroxylation is 1. The average Bonchev–Trinajstić information content (AvgIpc) is 2.86. The van der Waals surface area contributed by atoms with E-state index in [4.69, 9.17) is 0 Å². The molecule has 0 aromatic heterocycles. The minimum atomic E-state index is -0.860. The van der Waals surface area contributed by atoms with Crippen LogP contribution in [0.2, 0.25) is 0 Å². The topological polar surface area (TPSA) is 20.3 Å². The molecule has 0 radical (unpaired) electrons. The SMILES string of the molecule is Cc1ccc2c(c1)N(C(=O)c1c(F)ccc(Br)c1F)CC2. The maximum Gasteiger partial charge on any atom is 0.264 e. The summed E-state index contributed by atoms with van der Waals surface area (Å²) in [6.45, 7) is 2.35. The second kappa shape index (κ2) is 5.22. The van der Waals surface area contributed by atoms with Crippen LogP contribution in [0.4, 0.5) is 14.5 Å². The smallest absolute Gasteiger partial charge is 0.264 e. The monoisotopic (exact) mass is 351 g/mol. The highest BCUT2D eigenvalue weighted by molar-refractivity contribution is 9.10. The van der Waals surface area contributed by atoms with Crippen molar-refractivity contribution in [3.63, 3.8) is 0 Å². The van der Waals surface area contributed by atoms with Gasteiger partial charge in [0.05, 0.1) is 4.47 Å². The third-order valence-electron chi connectivity index (χ3n) is 3.64. The van der Waals surface area contributed by atoms with Gasteiger partial charge in [-0.1, -0.05) is 12.1 Å². The highest BCUT2D eigenvalue weighted by Crippen LogP contribution is 2.32. The van der Waals surface area contributed by atoms with E-state index in [1.54, 1.807) is 0 Å². The molecule has 5 heteroatoms. The normalized spacial score (nSPS) is 13.4. The summed E-state index contributed by atoms with van der Waals surface area (Å²) in [4.78, 5) is 14.0. The zero-order chi connectivity index (χ0) is 15.1. The van der Waals surface area contributed by atoms with Crippen molar-refractivity contribution in [3.05, 3.63) is 63.1 Å². The van der Waals surface area contributed by atoms with Crippen LogP contribution in [0.3, 0.4) is 0 Å². The van der Waals surface area contributed by atoms with Gasteiger partial charge in [0.25, 0.3) is 5.91 Å². The fourth-order valence-electron chi connectivity index (χ4n) is 2.56.